The first-order chi connectivity index (χ1) is 20.7. The first-order valence-electron chi connectivity index (χ1n) is 15.3. The molecule has 4 aliphatic heterocycles. The second kappa shape index (κ2) is 12.3. The summed E-state index contributed by atoms with van der Waals surface area (Å²) >= 11 is 6.32. The van der Waals surface area contributed by atoms with Crippen molar-refractivity contribution in [3.05, 3.63) is 35.9 Å². The smallest absolute Gasteiger partial charge is 0.246 e. The fourth-order valence-electron chi connectivity index (χ4n) is 7.74. The zero-order chi connectivity index (χ0) is 30.3. The molecule has 0 radical (unpaired) electrons. The predicted octanol–water partition coefficient (Wildman–Crippen LogP) is 1.78. The summed E-state index contributed by atoms with van der Waals surface area (Å²) in [5, 5.41) is 17.3. The van der Waals surface area contributed by atoms with Crippen LogP contribution in [0.25, 0.3) is 0 Å². The van der Waals surface area contributed by atoms with Crippen LogP contribution >= 0.6 is 11.6 Å². The van der Waals surface area contributed by atoms with Gasteiger partial charge >= 0.3 is 0 Å². The standard InChI is InChI=1S/C31H42ClN7O4/c1-4-26(40)39-15-14-38(17-21(39)10-12-33)29-23-9-11-31(19-37(3)24-8-7-20(32)16-25(24)43-31)28(41)27(23)34-30(35-29)42-18-22-6-5-13-36(22)2/h4,7-8,16,21-23,27,29-30,34-35H,1,5-6,9-11,13-15,17-19H2,2-3H3/t21?,22?,23?,27?,29?,30?,31-/m0/s1. The molecule has 1 aliphatic carbocycles. The van der Waals surface area contributed by atoms with Crippen molar-refractivity contribution in [3.8, 4) is 11.8 Å². The van der Waals surface area contributed by atoms with Gasteiger partial charge in [0, 0.05) is 49.7 Å². The van der Waals surface area contributed by atoms with Gasteiger partial charge in [0.15, 0.2) is 17.7 Å². The molecular weight excluding hydrogens is 570 g/mol. The molecule has 3 saturated heterocycles. The zero-order valence-electron chi connectivity index (χ0n) is 25.0. The monoisotopic (exact) mass is 611 g/mol. The molecule has 12 heteroatoms. The number of nitrogens with zero attached hydrogens (tertiary/aromatic N) is 5. The van der Waals surface area contributed by atoms with Crippen LogP contribution in [0.2, 0.25) is 5.02 Å². The lowest BCUT2D eigenvalue weighted by molar-refractivity contribution is -0.159. The van der Waals surface area contributed by atoms with Crippen LogP contribution < -0.4 is 20.3 Å². The van der Waals surface area contributed by atoms with Crippen molar-refractivity contribution in [2.24, 2.45) is 5.92 Å². The number of anilines is 1. The van der Waals surface area contributed by atoms with Crippen LogP contribution in [0.5, 0.6) is 5.75 Å². The minimum absolute atomic E-state index is 0.0216. The largest absolute Gasteiger partial charge is 0.475 e. The number of ketones is 1. The number of carbonyl (C=O) groups is 2. The zero-order valence-corrected chi connectivity index (χ0v) is 25.8. The van der Waals surface area contributed by atoms with Crippen LogP contribution in [0.3, 0.4) is 0 Å². The van der Waals surface area contributed by atoms with E-state index in [9.17, 15) is 14.9 Å². The lowest BCUT2D eigenvalue weighted by atomic mass is 9.71. The average molecular weight is 612 g/mol. The summed E-state index contributed by atoms with van der Waals surface area (Å²) in [5.74, 6) is 0.434. The SMILES string of the molecule is C=CC(=O)N1CCN(C2NC(OCC3CCCN3C)NC3C(=O)[C@]4(CCC32)CN(C)c2ccc(Cl)cc2O4)CC1CC#N. The van der Waals surface area contributed by atoms with Gasteiger partial charge in [-0.15, -0.1) is 0 Å². The van der Waals surface area contributed by atoms with Crippen molar-refractivity contribution >= 4 is 29.0 Å². The maximum Gasteiger partial charge on any atom is 0.246 e. The summed E-state index contributed by atoms with van der Waals surface area (Å²) in [6.45, 7) is 7.33. The van der Waals surface area contributed by atoms with E-state index in [-0.39, 0.29) is 36.2 Å². The Morgan fingerprint density at radius 2 is 2.09 bits per heavy atom. The van der Waals surface area contributed by atoms with Crippen molar-refractivity contribution in [1.29, 1.82) is 5.26 Å². The van der Waals surface area contributed by atoms with Crippen molar-refractivity contribution in [2.45, 2.75) is 68.3 Å². The Kier molecular flexibility index (Phi) is 8.70. The van der Waals surface area contributed by atoms with E-state index >= 15 is 0 Å². The number of Topliss-reactive ketones (excluding diaryl/α,β-unsaturated/α-hetero) is 1. The summed E-state index contributed by atoms with van der Waals surface area (Å²) in [5.41, 5.74) is -0.0876. The van der Waals surface area contributed by atoms with Crippen LogP contribution in [0.1, 0.15) is 32.1 Å². The molecule has 5 aliphatic rings. The van der Waals surface area contributed by atoms with Crippen molar-refractivity contribution in [3.63, 3.8) is 0 Å². The number of nitrogens with one attached hydrogen (secondary N) is 2. The molecule has 0 bridgehead atoms. The molecule has 4 fully saturated rings. The normalized spacial score (nSPS) is 34.8. The topological polar surface area (TPSA) is 113 Å². The summed E-state index contributed by atoms with van der Waals surface area (Å²) in [7, 11) is 4.11. The highest BCUT2D eigenvalue weighted by atomic mass is 35.5. The summed E-state index contributed by atoms with van der Waals surface area (Å²) in [6, 6.07) is 7.38. The van der Waals surface area contributed by atoms with Gasteiger partial charge in [0.05, 0.1) is 49.6 Å². The summed E-state index contributed by atoms with van der Waals surface area (Å²) in [4.78, 5) is 35.5. The Bertz CT molecular complexity index is 1290. The fourth-order valence-corrected chi connectivity index (χ4v) is 7.90. The number of benzene rings is 1. The second-order valence-electron chi connectivity index (χ2n) is 12.6. The van der Waals surface area contributed by atoms with E-state index in [0.717, 1.165) is 31.5 Å². The third kappa shape index (κ3) is 5.77. The molecule has 232 valence electrons. The number of nitriles is 1. The summed E-state index contributed by atoms with van der Waals surface area (Å²) < 4.78 is 13.0. The molecule has 4 heterocycles. The van der Waals surface area contributed by atoms with E-state index in [1.54, 1.807) is 11.0 Å². The molecule has 43 heavy (non-hydrogen) atoms. The highest BCUT2D eigenvalue weighted by molar-refractivity contribution is 6.30. The number of fused-ring (bicyclic) bond motifs is 2. The minimum atomic E-state index is -1.00. The molecule has 1 saturated carbocycles. The quantitative estimate of drug-likeness (QED) is 0.462. The van der Waals surface area contributed by atoms with E-state index in [4.69, 9.17) is 21.1 Å². The first-order valence-corrected chi connectivity index (χ1v) is 15.7. The molecule has 1 aromatic rings. The molecule has 6 unspecified atom stereocenters. The Labute approximate surface area is 258 Å². The van der Waals surface area contributed by atoms with E-state index in [1.807, 2.05) is 19.2 Å². The van der Waals surface area contributed by atoms with E-state index in [0.29, 0.717) is 56.0 Å². The van der Waals surface area contributed by atoms with Gasteiger partial charge in [-0.05, 0) is 57.5 Å². The van der Waals surface area contributed by atoms with E-state index < -0.39 is 18.0 Å². The van der Waals surface area contributed by atoms with Gasteiger partial charge in [-0.2, -0.15) is 5.26 Å². The van der Waals surface area contributed by atoms with Crippen LogP contribution in [0.4, 0.5) is 5.69 Å². The highest BCUT2D eigenvalue weighted by Gasteiger charge is 2.57. The Morgan fingerprint density at radius 3 is 2.84 bits per heavy atom. The van der Waals surface area contributed by atoms with Crippen LogP contribution in [0, 0.1) is 17.2 Å². The maximum absolute atomic E-state index is 14.5. The molecule has 7 atom stereocenters. The van der Waals surface area contributed by atoms with Gasteiger partial charge < -0.3 is 24.2 Å². The molecule has 1 spiro atoms. The van der Waals surface area contributed by atoms with Gasteiger partial charge in [-0.1, -0.05) is 18.2 Å². The van der Waals surface area contributed by atoms with Crippen molar-refractivity contribution < 1.29 is 19.1 Å². The third-order valence-electron chi connectivity index (χ3n) is 10.0. The number of amides is 1. The van der Waals surface area contributed by atoms with Crippen molar-refractivity contribution in [2.75, 3.05) is 58.3 Å². The maximum atomic E-state index is 14.5. The Balaban J connectivity index is 1.26. The van der Waals surface area contributed by atoms with Crippen LogP contribution in [-0.4, -0.2) is 116 Å². The number of rotatable bonds is 6. The molecule has 0 aromatic heterocycles. The lowest BCUT2D eigenvalue weighted by Gasteiger charge is -2.55. The molecule has 1 amide bonds. The highest BCUT2D eigenvalue weighted by Crippen LogP contribution is 2.45. The number of piperazine rings is 1. The number of likely N-dealkylation sites (tertiary alicyclic amines) is 1. The van der Waals surface area contributed by atoms with Crippen LogP contribution in [0.15, 0.2) is 30.9 Å². The molecule has 11 nitrogen and oxygen atoms in total. The number of ether oxygens (including phenoxy) is 2. The molecule has 6 rings (SSSR count). The predicted molar refractivity (Wildman–Crippen MR) is 163 cm³/mol. The van der Waals surface area contributed by atoms with Gasteiger partial charge in [-0.3, -0.25) is 25.1 Å². The van der Waals surface area contributed by atoms with Gasteiger partial charge in [0.2, 0.25) is 5.91 Å². The Hall–Kier alpha value is -2.72. The Morgan fingerprint density at radius 1 is 1.26 bits per heavy atom. The van der Waals surface area contributed by atoms with E-state index in [2.05, 4.69) is 45.0 Å². The van der Waals surface area contributed by atoms with E-state index in [1.165, 1.54) is 6.08 Å². The number of hydrogen-bond donors (Lipinski definition) is 2. The average Bonchev–Trinajstić information content (AvgIpc) is 3.41. The fraction of sp³-hybridized carbons (Fsp3) is 0.645. The molecule has 2 N–H and O–H groups in total. The lowest BCUT2D eigenvalue weighted by Crippen LogP contribution is -2.76. The van der Waals surface area contributed by atoms with Crippen molar-refractivity contribution in [1.82, 2.24) is 25.3 Å². The second-order valence-corrected chi connectivity index (χ2v) is 13.1. The van der Waals surface area contributed by atoms with Gasteiger partial charge in [0.1, 0.15) is 5.75 Å². The number of carbonyl (C=O) groups excluding carboxylic acids is 2. The molecule has 1 aromatic carbocycles. The number of halogens is 1. The minimum Gasteiger partial charge on any atom is -0.475 e. The number of hydrogen-bond acceptors (Lipinski definition) is 10. The third-order valence-corrected chi connectivity index (χ3v) is 10.3. The summed E-state index contributed by atoms with van der Waals surface area (Å²) in [6.07, 6.45) is 4.37. The van der Waals surface area contributed by atoms with Crippen LogP contribution in [-0.2, 0) is 14.3 Å². The van der Waals surface area contributed by atoms with Gasteiger partial charge in [-0.25, -0.2) is 0 Å². The van der Waals surface area contributed by atoms with Gasteiger partial charge in [0.25, 0.3) is 0 Å². The number of likely N-dealkylation sites (N-methyl/N-ethyl adjacent to an activating group) is 2. The first kappa shape index (κ1) is 30.3. The molecular formula is C31H42ClN7O4.